The first-order valence-corrected chi connectivity index (χ1v) is 12.6. The molecule has 0 heterocycles. The zero-order chi connectivity index (χ0) is 19.1. The van der Waals surface area contributed by atoms with Crippen LogP contribution in [0.4, 0.5) is 0 Å². The van der Waals surface area contributed by atoms with Crippen LogP contribution in [0.15, 0.2) is 0 Å². The molecule has 0 rings (SSSR count). The van der Waals surface area contributed by atoms with Crippen molar-refractivity contribution in [1.29, 1.82) is 0 Å². The van der Waals surface area contributed by atoms with E-state index in [4.69, 9.17) is 0 Å². The molecule has 157 valence electrons. The molecule has 0 amide bonds. The Hall–Kier alpha value is 0. The molecule has 0 bridgehead atoms. The lowest BCUT2D eigenvalue weighted by Crippen LogP contribution is -1.95. The number of rotatable bonds is 22. The third kappa shape index (κ3) is 22.0. The largest absolute Gasteiger partial charge is 0.0654 e. The van der Waals surface area contributed by atoms with Gasteiger partial charge in [0, 0.05) is 0 Å². The lowest BCUT2D eigenvalue weighted by atomic mass is 9.96. The SMILES string of the molecule is [CH2]C(CCCCCCCC)CCCCCCCCCCCCCCCC. The van der Waals surface area contributed by atoms with E-state index in [9.17, 15) is 0 Å². The van der Waals surface area contributed by atoms with Crippen LogP contribution in [-0.4, -0.2) is 0 Å². The average Bonchev–Trinajstić information content (AvgIpc) is 2.65. The first kappa shape index (κ1) is 26.0. The zero-order valence-corrected chi connectivity index (χ0v) is 18.8. The first-order chi connectivity index (χ1) is 12.8. The molecule has 0 aliphatic heterocycles. The molecule has 0 heteroatoms. The van der Waals surface area contributed by atoms with E-state index in [1.807, 2.05) is 0 Å². The molecule has 0 aromatic carbocycles. The molecule has 0 aliphatic carbocycles. The van der Waals surface area contributed by atoms with Gasteiger partial charge in [-0.15, -0.1) is 0 Å². The normalized spacial score (nSPS) is 12.6. The van der Waals surface area contributed by atoms with E-state index in [0.717, 1.165) is 5.92 Å². The first-order valence-electron chi connectivity index (χ1n) is 12.6. The second-order valence-corrected chi connectivity index (χ2v) is 8.81. The Morgan fingerprint density at radius 3 is 0.885 bits per heavy atom. The Labute approximate surface area is 168 Å². The third-order valence-electron chi connectivity index (χ3n) is 5.93. The predicted molar refractivity (Wildman–Crippen MR) is 122 cm³/mol. The van der Waals surface area contributed by atoms with Crippen molar-refractivity contribution in [3.8, 4) is 0 Å². The van der Waals surface area contributed by atoms with E-state index < -0.39 is 0 Å². The molecule has 0 aromatic heterocycles. The Morgan fingerprint density at radius 1 is 0.385 bits per heavy atom. The van der Waals surface area contributed by atoms with Gasteiger partial charge in [-0.1, -0.05) is 162 Å². The number of hydrogen-bond acceptors (Lipinski definition) is 0. The van der Waals surface area contributed by atoms with Gasteiger partial charge in [-0.2, -0.15) is 0 Å². The fourth-order valence-corrected chi connectivity index (χ4v) is 3.99. The molecule has 0 saturated heterocycles. The van der Waals surface area contributed by atoms with Crippen LogP contribution in [0.2, 0.25) is 0 Å². The third-order valence-corrected chi connectivity index (χ3v) is 5.93. The van der Waals surface area contributed by atoms with E-state index in [0.29, 0.717) is 0 Å². The summed E-state index contributed by atoms with van der Waals surface area (Å²) in [5, 5.41) is 0. The van der Waals surface area contributed by atoms with Crippen LogP contribution in [0.25, 0.3) is 0 Å². The molecule has 1 atom stereocenters. The van der Waals surface area contributed by atoms with Crippen molar-refractivity contribution in [2.24, 2.45) is 5.92 Å². The molecule has 0 nitrogen and oxygen atoms in total. The van der Waals surface area contributed by atoms with Gasteiger partial charge in [-0.25, -0.2) is 0 Å². The van der Waals surface area contributed by atoms with E-state index in [1.54, 1.807) is 0 Å². The second kappa shape index (κ2) is 23.0. The molecular formula is C26H53. The Morgan fingerprint density at radius 2 is 0.615 bits per heavy atom. The molecular weight excluding hydrogens is 312 g/mol. The van der Waals surface area contributed by atoms with Gasteiger partial charge < -0.3 is 0 Å². The van der Waals surface area contributed by atoms with Crippen molar-refractivity contribution < 1.29 is 0 Å². The summed E-state index contributed by atoms with van der Waals surface area (Å²) >= 11 is 0. The summed E-state index contributed by atoms with van der Waals surface area (Å²) in [6.45, 7) is 8.96. The molecule has 0 fully saturated rings. The van der Waals surface area contributed by atoms with Gasteiger partial charge in [0.2, 0.25) is 0 Å². The molecule has 0 saturated carbocycles. The minimum atomic E-state index is 0.721. The topological polar surface area (TPSA) is 0 Å². The second-order valence-electron chi connectivity index (χ2n) is 8.81. The monoisotopic (exact) mass is 365 g/mol. The summed E-state index contributed by atoms with van der Waals surface area (Å²) in [4.78, 5) is 0. The maximum Gasteiger partial charge on any atom is -0.0414 e. The van der Waals surface area contributed by atoms with Crippen LogP contribution in [0, 0.1) is 12.8 Å². The highest BCUT2D eigenvalue weighted by molar-refractivity contribution is 4.62. The van der Waals surface area contributed by atoms with Crippen LogP contribution in [0.5, 0.6) is 0 Å². The van der Waals surface area contributed by atoms with Crippen LogP contribution in [0.1, 0.15) is 155 Å². The molecule has 26 heavy (non-hydrogen) atoms. The molecule has 1 unspecified atom stereocenters. The summed E-state index contributed by atoms with van der Waals surface area (Å²) in [6.07, 6.45) is 31.6. The van der Waals surface area contributed by atoms with Crippen molar-refractivity contribution in [2.75, 3.05) is 0 Å². The highest BCUT2D eigenvalue weighted by Gasteiger charge is 2.02. The Balaban J connectivity index is 3.09. The Bertz CT molecular complexity index is 232. The van der Waals surface area contributed by atoms with E-state index in [1.165, 1.54) is 141 Å². The van der Waals surface area contributed by atoms with Gasteiger partial charge in [0.25, 0.3) is 0 Å². The van der Waals surface area contributed by atoms with Crippen LogP contribution >= 0.6 is 0 Å². The highest BCUT2D eigenvalue weighted by Crippen LogP contribution is 2.18. The summed E-state index contributed by atoms with van der Waals surface area (Å²) < 4.78 is 0. The van der Waals surface area contributed by atoms with Gasteiger partial charge >= 0.3 is 0 Å². The van der Waals surface area contributed by atoms with Gasteiger partial charge in [0.15, 0.2) is 0 Å². The van der Waals surface area contributed by atoms with Gasteiger partial charge in [0.05, 0.1) is 0 Å². The molecule has 0 aliphatic rings. The Kier molecular flexibility index (Phi) is 23.0. The summed E-state index contributed by atoms with van der Waals surface area (Å²) in [5.41, 5.74) is 0. The maximum atomic E-state index is 4.37. The van der Waals surface area contributed by atoms with Crippen molar-refractivity contribution in [1.82, 2.24) is 0 Å². The zero-order valence-electron chi connectivity index (χ0n) is 18.8. The quantitative estimate of drug-likeness (QED) is 0.167. The van der Waals surface area contributed by atoms with E-state index >= 15 is 0 Å². The maximum absolute atomic E-state index is 4.37. The fourth-order valence-electron chi connectivity index (χ4n) is 3.99. The predicted octanol–water partition coefficient (Wildman–Crippen LogP) is 10.1. The van der Waals surface area contributed by atoms with Crippen molar-refractivity contribution in [2.45, 2.75) is 155 Å². The minimum Gasteiger partial charge on any atom is -0.0654 e. The average molecular weight is 366 g/mol. The number of unbranched alkanes of at least 4 members (excludes halogenated alkanes) is 18. The minimum absolute atomic E-state index is 0.721. The number of hydrogen-bond donors (Lipinski definition) is 0. The van der Waals surface area contributed by atoms with E-state index in [-0.39, 0.29) is 0 Å². The van der Waals surface area contributed by atoms with Gasteiger partial charge in [-0.05, 0) is 5.92 Å². The smallest absolute Gasteiger partial charge is 0.0414 e. The summed E-state index contributed by atoms with van der Waals surface area (Å²) in [6, 6.07) is 0. The van der Waals surface area contributed by atoms with Gasteiger partial charge in [0.1, 0.15) is 0 Å². The molecule has 0 N–H and O–H groups in total. The van der Waals surface area contributed by atoms with E-state index in [2.05, 4.69) is 20.8 Å². The lowest BCUT2D eigenvalue weighted by Gasteiger charge is -2.11. The van der Waals surface area contributed by atoms with Crippen LogP contribution in [0.3, 0.4) is 0 Å². The summed E-state index contributed by atoms with van der Waals surface area (Å²) in [7, 11) is 0. The summed E-state index contributed by atoms with van der Waals surface area (Å²) in [5.74, 6) is 0.721. The van der Waals surface area contributed by atoms with Crippen LogP contribution in [-0.2, 0) is 0 Å². The molecule has 0 spiro atoms. The standard InChI is InChI=1S/C26H53/c1-4-6-8-10-12-13-14-15-16-17-18-19-21-23-25-26(3)24-22-20-11-9-7-5-2/h26H,3-25H2,1-2H3. The highest BCUT2D eigenvalue weighted by atomic mass is 14.1. The molecule has 1 radical (unpaired) electrons. The van der Waals surface area contributed by atoms with Gasteiger partial charge in [-0.3, -0.25) is 0 Å². The van der Waals surface area contributed by atoms with Crippen molar-refractivity contribution >= 4 is 0 Å². The van der Waals surface area contributed by atoms with Crippen LogP contribution < -0.4 is 0 Å². The fraction of sp³-hybridized carbons (Fsp3) is 0.962. The lowest BCUT2D eigenvalue weighted by molar-refractivity contribution is 0.461. The van der Waals surface area contributed by atoms with Crippen molar-refractivity contribution in [3.63, 3.8) is 0 Å². The van der Waals surface area contributed by atoms with Crippen molar-refractivity contribution in [3.05, 3.63) is 6.92 Å². The molecule has 0 aromatic rings.